The van der Waals surface area contributed by atoms with Crippen LogP contribution in [0, 0.1) is 0 Å². The number of hydrogen-bond acceptors (Lipinski definition) is 3. The molecule has 17 heavy (non-hydrogen) atoms. The summed E-state index contributed by atoms with van der Waals surface area (Å²) >= 11 is 18.6. The summed E-state index contributed by atoms with van der Waals surface area (Å²) in [5, 5.41) is 2.68. The van der Waals surface area contributed by atoms with E-state index < -0.39 is 16.3 Å². The molecule has 1 rings (SSSR count). The number of ether oxygens (including phenoxy) is 1. The van der Waals surface area contributed by atoms with Gasteiger partial charge >= 0.3 is 6.09 Å². The van der Waals surface area contributed by atoms with Crippen LogP contribution >= 0.6 is 46.6 Å². The molecule has 94 valence electrons. The molecule has 7 heteroatoms. The fraction of sp³-hybridized carbons (Fsp3) is 0.300. The molecule has 1 amide bonds. The van der Waals surface area contributed by atoms with Crippen molar-refractivity contribution in [1.82, 2.24) is 5.32 Å². The molecular weight excluding hydrogens is 305 g/mol. The lowest BCUT2D eigenvalue weighted by Gasteiger charge is -2.18. The maximum atomic E-state index is 11.1. The zero-order valence-electron chi connectivity index (χ0n) is 8.82. The van der Waals surface area contributed by atoms with Gasteiger partial charge in [-0.15, -0.1) is 23.2 Å². The van der Waals surface area contributed by atoms with Crippen LogP contribution in [-0.4, -0.2) is 23.4 Å². The molecule has 0 aliphatic carbocycles. The molecule has 0 bridgehead atoms. The Morgan fingerprint density at radius 2 is 1.94 bits per heavy atom. The van der Waals surface area contributed by atoms with Crippen LogP contribution in [0.15, 0.2) is 29.2 Å². The van der Waals surface area contributed by atoms with Gasteiger partial charge < -0.3 is 10.1 Å². The third-order valence-electron chi connectivity index (χ3n) is 1.75. The van der Waals surface area contributed by atoms with E-state index in [9.17, 15) is 4.79 Å². The number of rotatable bonds is 4. The first-order valence-corrected chi connectivity index (χ1v) is 6.71. The highest BCUT2D eigenvalue weighted by molar-refractivity contribution is 8.00. The molecule has 0 fully saturated rings. The Balaban J connectivity index is 2.66. The van der Waals surface area contributed by atoms with Gasteiger partial charge in [-0.25, -0.2) is 4.79 Å². The number of amides is 1. The van der Waals surface area contributed by atoms with Crippen molar-refractivity contribution in [2.75, 3.05) is 7.11 Å². The highest BCUT2D eigenvalue weighted by atomic mass is 35.5. The minimum absolute atomic E-state index is 0.494. The Bertz CT molecular complexity index is 372. The molecule has 0 heterocycles. The van der Waals surface area contributed by atoms with E-state index in [1.54, 1.807) is 12.1 Å². The number of carbonyl (C=O) groups is 1. The molecule has 0 saturated heterocycles. The van der Waals surface area contributed by atoms with Gasteiger partial charge in [0.05, 0.1) is 7.11 Å². The predicted octanol–water partition coefficient (Wildman–Crippen LogP) is 3.92. The van der Waals surface area contributed by atoms with Gasteiger partial charge in [-0.1, -0.05) is 23.4 Å². The molecule has 0 aliphatic heterocycles. The lowest BCUT2D eigenvalue weighted by atomic mass is 10.4. The predicted molar refractivity (Wildman–Crippen MR) is 72.1 cm³/mol. The van der Waals surface area contributed by atoms with Gasteiger partial charge in [0, 0.05) is 9.92 Å². The van der Waals surface area contributed by atoms with Crippen LogP contribution in [0.5, 0.6) is 0 Å². The molecule has 0 spiro atoms. The van der Waals surface area contributed by atoms with Crippen molar-refractivity contribution in [3.63, 3.8) is 0 Å². The molecule has 0 aromatic heterocycles. The first-order chi connectivity index (χ1) is 8.02. The molecule has 1 aromatic rings. The lowest BCUT2D eigenvalue weighted by Crippen LogP contribution is -2.36. The number of thioether (sulfide) groups is 1. The van der Waals surface area contributed by atoms with Gasteiger partial charge in [-0.3, -0.25) is 0 Å². The minimum Gasteiger partial charge on any atom is -0.453 e. The van der Waals surface area contributed by atoms with Gasteiger partial charge in [0.2, 0.25) is 0 Å². The van der Waals surface area contributed by atoms with E-state index in [1.165, 1.54) is 18.9 Å². The van der Waals surface area contributed by atoms with Crippen molar-refractivity contribution < 1.29 is 9.53 Å². The molecule has 1 N–H and O–H groups in total. The minimum atomic E-state index is -0.755. The van der Waals surface area contributed by atoms with Crippen molar-refractivity contribution in [3.05, 3.63) is 29.3 Å². The summed E-state index contributed by atoms with van der Waals surface area (Å²) in [7, 11) is 1.27. The zero-order valence-corrected chi connectivity index (χ0v) is 11.9. The average Bonchev–Trinajstić information content (AvgIpc) is 2.30. The van der Waals surface area contributed by atoms with Crippen LogP contribution in [0.3, 0.4) is 0 Å². The van der Waals surface area contributed by atoms with Crippen molar-refractivity contribution in [2.45, 2.75) is 15.1 Å². The van der Waals surface area contributed by atoms with Crippen LogP contribution in [0.25, 0.3) is 0 Å². The fourth-order valence-corrected chi connectivity index (χ4v) is 2.38. The Labute approximate surface area is 119 Å². The van der Waals surface area contributed by atoms with E-state index >= 15 is 0 Å². The van der Waals surface area contributed by atoms with E-state index in [-0.39, 0.29) is 0 Å². The maximum Gasteiger partial charge on any atom is 0.407 e. The van der Waals surface area contributed by atoms with E-state index in [4.69, 9.17) is 34.8 Å². The number of benzene rings is 1. The molecule has 0 radical (unpaired) electrons. The van der Waals surface area contributed by atoms with Crippen LogP contribution in [0.1, 0.15) is 0 Å². The van der Waals surface area contributed by atoms with Crippen LogP contribution in [0.2, 0.25) is 5.02 Å². The molecule has 1 atom stereocenters. The monoisotopic (exact) mass is 313 g/mol. The fourth-order valence-electron chi connectivity index (χ4n) is 0.979. The van der Waals surface area contributed by atoms with Gasteiger partial charge in [-0.2, -0.15) is 0 Å². The number of alkyl halides is 2. The Hall–Kier alpha value is -0.290. The van der Waals surface area contributed by atoms with Crippen molar-refractivity contribution >= 4 is 52.7 Å². The van der Waals surface area contributed by atoms with E-state index in [2.05, 4.69) is 10.1 Å². The normalized spacial score (nSPS) is 12.3. The highest BCUT2D eigenvalue weighted by Crippen LogP contribution is 2.28. The van der Waals surface area contributed by atoms with Crippen molar-refractivity contribution in [2.24, 2.45) is 0 Å². The second-order valence-corrected chi connectivity index (χ2v) is 5.78. The molecule has 0 aliphatic rings. The summed E-state index contributed by atoms with van der Waals surface area (Å²) in [6, 6.07) is 7.12. The number of hydrogen-bond donors (Lipinski definition) is 1. The Morgan fingerprint density at radius 3 is 2.41 bits per heavy atom. The Kier molecular flexibility index (Phi) is 6.27. The van der Waals surface area contributed by atoms with Gasteiger partial charge in [0.1, 0.15) is 10.2 Å². The standard InChI is InChI=1S/C10H10Cl3NO2S/c1-16-10(15)14-9(8(12)13)17-7-4-2-6(11)3-5-7/h2-5,8-9H,1H3,(H,14,15)/t9-/m0/s1. The molecule has 3 nitrogen and oxygen atoms in total. The number of halogens is 3. The summed E-state index contributed by atoms with van der Waals surface area (Å²) in [5.74, 6) is 0. The van der Waals surface area contributed by atoms with Gasteiger partial charge in [0.15, 0.2) is 0 Å². The summed E-state index contributed by atoms with van der Waals surface area (Å²) < 4.78 is 4.49. The topological polar surface area (TPSA) is 38.3 Å². The first-order valence-electron chi connectivity index (χ1n) is 4.58. The van der Waals surface area contributed by atoms with Gasteiger partial charge in [-0.05, 0) is 24.3 Å². The number of methoxy groups -OCH3 is 1. The smallest absolute Gasteiger partial charge is 0.407 e. The van der Waals surface area contributed by atoms with Crippen LogP contribution in [0.4, 0.5) is 4.79 Å². The summed E-state index contributed by atoms with van der Waals surface area (Å²) in [5.41, 5.74) is 0. The number of alkyl carbamates (subject to hydrolysis) is 1. The third-order valence-corrected chi connectivity index (χ3v) is 3.99. The van der Waals surface area contributed by atoms with Crippen LogP contribution in [-0.2, 0) is 4.74 Å². The van der Waals surface area contributed by atoms with E-state index in [1.807, 2.05) is 12.1 Å². The quantitative estimate of drug-likeness (QED) is 0.520. The molecular formula is C10H10Cl3NO2S. The number of carbonyl (C=O) groups excluding carboxylic acids is 1. The maximum absolute atomic E-state index is 11.1. The molecule has 0 saturated carbocycles. The second-order valence-electron chi connectivity index (χ2n) is 2.96. The van der Waals surface area contributed by atoms with E-state index in [0.29, 0.717) is 5.02 Å². The molecule has 1 aromatic carbocycles. The van der Waals surface area contributed by atoms with Gasteiger partial charge in [0.25, 0.3) is 0 Å². The SMILES string of the molecule is COC(=O)N[C@@H](Sc1ccc(Cl)cc1)C(Cl)Cl. The largest absolute Gasteiger partial charge is 0.453 e. The zero-order chi connectivity index (χ0) is 12.8. The van der Waals surface area contributed by atoms with Crippen LogP contribution < -0.4 is 5.32 Å². The average molecular weight is 315 g/mol. The van der Waals surface area contributed by atoms with Crippen molar-refractivity contribution in [1.29, 1.82) is 0 Å². The first kappa shape index (κ1) is 14.8. The summed E-state index contributed by atoms with van der Waals surface area (Å²) in [4.78, 5) is 11.2. The third kappa shape index (κ3) is 5.25. The van der Waals surface area contributed by atoms with E-state index in [0.717, 1.165) is 4.90 Å². The molecule has 0 unspecified atom stereocenters. The van der Waals surface area contributed by atoms with Crippen molar-refractivity contribution in [3.8, 4) is 0 Å². The second kappa shape index (κ2) is 7.21. The lowest BCUT2D eigenvalue weighted by molar-refractivity contribution is 0.170. The number of nitrogens with one attached hydrogen (secondary N) is 1. The Morgan fingerprint density at radius 1 is 1.35 bits per heavy atom. The highest BCUT2D eigenvalue weighted by Gasteiger charge is 2.20. The summed E-state index contributed by atoms with van der Waals surface area (Å²) in [6.07, 6.45) is -0.581. The summed E-state index contributed by atoms with van der Waals surface area (Å²) in [6.45, 7) is 0.